The Hall–Kier alpha value is -2.04. The fourth-order valence-corrected chi connectivity index (χ4v) is 4.57. The number of benzene rings is 2. The molecule has 1 unspecified atom stereocenters. The molecule has 28 heavy (non-hydrogen) atoms. The maximum atomic E-state index is 13.3. The predicted octanol–water partition coefficient (Wildman–Crippen LogP) is 5.51. The number of aromatic nitrogens is 2. The summed E-state index contributed by atoms with van der Waals surface area (Å²) in [6.45, 7) is 3.74. The SMILES string of the molecule is CCC(C(=O)N1CCCC1)n1c(Cc2c(Cl)cccc2Cl)nc2ccccc21. The molecule has 4 rings (SSSR count). The third kappa shape index (κ3) is 3.51. The number of para-hydroxylation sites is 2. The number of carbonyl (C=O) groups excluding carboxylic acids is 1. The van der Waals surface area contributed by atoms with E-state index in [-0.39, 0.29) is 11.9 Å². The Labute approximate surface area is 175 Å². The minimum atomic E-state index is -0.276. The zero-order valence-corrected chi connectivity index (χ0v) is 17.4. The quantitative estimate of drug-likeness (QED) is 0.550. The summed E-state index contributed by atoms with van der Waals surface area (Å²) in [5.41, 5.74) is 2.69. The molecule has 1 amide bonds. The van der Waals surface area contributed by atoms with E-state index in [0.717, 1.165) is 48.4 Å². The number of nitrogens with zero attached hydrogens (tertiary/aromatic N) is 3. The molecule has 2 heterocycles. The first-order chi connectivity index (χ1) is 13.6. The van der Waals surface area contributed by atoms with Gasteiger partial charge < -0.3 is 9.47 Å². The first kappa shape index (κ1) is 19.3. The molecule has 0 N–H and O–H groups in total. The zero-order valence-electron chi connectivity index (χ0n) is 15.9. The molecule has 146 valence electrons. The molecule has 6 heteroatoms. The highest BCUT2D eigenvalue weighted by Gasteiger charge is 2.29. The van der Waals surface area contributed by atoms with E-state index in [1.807, 2.05) is 47.4 Å². The van der Waals surface area contributed by atoms with Crippen molar-refractivity contribution in [1.29, 1.82) is 0 Å². The van der Waals surface area contributed by atoms with Crippen molar-refractivity contribution in [1.82, 2.24) is 14.5 Å². The molecule has 3 aromatic rings. The van der Waals surface area contributed by atoms with Crippen molar-refractivity contribution in [2.24, 2.45) is 0 Å². The van der Waals surface area contributed by atoms with Crippen LogP contribution in [0, 0.1) is 0 Å². The number of carbonyl (C=O) groups is 1. The van der Waals surface area contributed by atoms with Gasteiger partial charge in [0.15, 0.2) is 0 Å². The van der Waals surface area contributed by atoms with Crippen LogP contribution >= 0.6 is 23.2 Å². The van der Waals surface area contributed by atoms with E-state index in [1.54, 1.807) is 0 Å². The summed E-state index contributed by atoms with van der Waals surface area (Å²) < 4.78 is 2.09. The number of imidazole rings is 1. The average molecular weight is 416 g/mol. The Kier molecular flexibility index (Phi) is 5.61. The first-order valence-corrected chi connectivity index (χ1v) is 10.5. The van der Waals surface area contributed by atoms with Crippen molar-refractivity contribution < 1.29 is 4.79 Å². The molecule has 4 nitrogen and oxygen atoms in total. The van der Waals surface area contributed by atoms with E-state index in [0.29, 0.717) is 22.9 Å². The highest BCUT2D eigenvalue weighted by atomic mass is 35.5. The van der Waals surface area contributed by atoms with Gasteiger partial charge in [0.1, 0.15) is 11.9 Å². The standard InChI is InChI=1S/C22H23Cl2N3O/c1-2-19(22(28)26-12-5-6-13-26)27-20-11-4-3-10-18(20)25-21(27)14-15-16(23)8-7-9-17(15)24/h3-4,7-11,19H,2,5-6,12-14H2,1H3. The molecule has 0 bridgehead atoms. The van der Waals surface area contributed by atoms with Gasteiger partial charge in [-0.1, -0.05) is 48.3 Å². The lowest BCUT2D eigenvalue weighted by Crippen LogP contribution is -2.35. The third-order valence-corrected chi connectivity index (χ3v) is 6.17. The molecule has 0 radical (unpaired) electrons. The summed E-state index contributed by atoms with van der Waals surface area (Å²) in [6, 6.07) is 13.2. The molecule has 0 spiro atoms. The van der Waals surface area contributed by atoms with Crippen LogP contribution in [-0.2, 0) is 11.2 Å². The Morgan fingerprint density at radius 2 is 1.75 bits per heavy atom. The van der Waals surface area contributed by atoms with E-state index in [2.05, 4.69) is 11.5 Å². The van der Waals surface area contributed by atoms with Gasteiger partial charge in [-0.15, -0.1) is 0 Å². The normalized spacial score (nSPS) is 15.3. The zero-order chi connectivity index (χ0) is 19.7. The molecule has 1 aliphatic rings. The molecule has 2 aromatic carbocycles. The average Bonchev–Trinajstić information content (AvgIpc) is 3.34. The van der Waals surface area contributed by atoms with Crippen molar-refractivity contribution in [3.05, 3.63) is 63.9 Å². The summed E-state index contributed by atoms with van der Waals surface area (Å²) in [5, 5.41) is 1.23. The molecule has 1 atom stereocenters. The van der Waals surface area contributed by atoms with Gasteiger partial charge in [0.05, 0.1) is 11.0 Å². The van der Waals surface area contributed by atoms with Gasteiger partial charge in [-0.3, -0.25) is 4.79 Å². The second-order valence-electron chi connectivity index (χ2n) is 7.22. The van der Waals surface area contributed by atoms with E-state index >= 15 is 0 Å². The highest BCUT2D eigenvalue weighted by Crippen LogP contribution is 2.31. The molecular weight excluding hydrogens is 393 g/mol. The predicted molar refractivity (Wildman–Crippen MR) is 114 cm³/mol. The third-order valence-electron chi connectivity index (χ3n) is 5.47. The van der Waals surface area contributed by atoms with Crippen LogP contribution < -0.4 is 0 Å². The van der Waals surface area contributed by atoms with Crippen LogP contribution in [-0.4, -0.2) is 33.4 Å². The first-order valence-electron chi connectivity index (χ1n) is 9.77. The fourth-order valence-electron chi connectivity index (χ4n) is 4.04. The lowest BCUT2D eigenvalue weighted by atomic mass is 10.1. The molecule has 1 fully saturated rings. The summed E-state index contributed by atoms with van der Waals surface area (Å²) >= 11 is 12.8. The Bertz CT molecular complexity index is 988. The van der Waals surface area contributed by atoms with Gasteiger partial charge in [-0.2, -0.15) is 0 Å². The van der Waals surface area contributed by atoms with Crippen LogP contribution in [0.1, 0.15) is 43.6 Å². The maximum Gasteiger partial charge on any atom is 0.245 e. The van der Waals surface area contributed by atoms with Gasteiger partial charge in [0.2, 0.25) is 5.91 Å². The van der Waals surface area contributed by atoms with E-state index in [1.165, 1.54) is 0 Å². The van der Waals surface area contributed by atoms with Gasteiger partial charge in [-0.25, -0.2) is 4.98 Å². The van der Waals surface area contributed by atoms with E-state index in [4.69, 9.17) is 28.2 Å². The van der Waals surface area contributed by atoms with Crippen LogP contribution in [0.25, 0.3) is 11.0 Å². The topological polar surface area (TPSA) is 38.1 Å². The highest BCUT2D eigenvalue weighted by molar-refractivity contribution is 6.36. The minimum absolute atomic E-state index is 0.176. The number of hydrogen-bond acceptors (Lipinski definition) is 2. The molecule has 0 aliphatic carbocycles. The minimum Gasteiger partial charge on any atom is -0.341 e. The second kappa shape index (κ2) is 8.14. The second-order valence-corrected chi connectivity index (χ2v) is 8.03. The van der Waals surface area contributed by atoms with Crippen LogP contribution in [0.4, 0.5) is 0 Å². The van der Waals surface area contributed by atoms with E-state index < -0.39 is 0 Å². The molecule has 1 aliphatic heterocycles. The largest absolute Gasteiger partial charge is 0.341 e. The number of amides is 1. The molecule has 0 saturated carbocycles. The lowest BCUT2D eigenvalue weighted by Gasteiger charge is -2.25. The molecule has 1 saturated heterocycles. The Morgan fingerprint density at radius 1 is 1.07 bits per heavy atom. The van der Waals surface area contributed by atoms with Crippen molar-refractivity contribution in [2.75, 3.05) is 13.1 Å². The summed E-state index contributed by atoms with van der Waals surface area (Å²) in [4.78, 5) is 20.1. The number of fused-ring (bicyclic) bond motifs is 1. The Morgan fingerprint density at radius 3 is 2.43 bits per heavy atom. The van der Waals surface area contributed by atoms with Crippen LogP contribution in [0.3, 0.4) is 0 Å². The van der Waals surface area contributed by atoms with Crippen LogP contribution in [0.2, 0.25) is 10.0 Å². The van der Waals surface area contributed by atoms with Crippen molar-refractivity contribution in [3.63, 3.8) is 0 Å². The van der Waals surface area contributed by atoms with Crippen molar-refractivity contribution >= 4 is 40.1 Å². The summed E-state index contributed by atoms with van der Waals surface area (Å²) in [6.07, 6.45) is 3.35. The Balaban J connectivity index is 1.81. The summed E-state index contributed by atoms with van der Waals surface area (Å²) in [5.74, 6) is 0.991. The maximum absolute atomic E-state index is 13.3. The lowest BCUT2D eigenvalue weighted by molar-refractivity contribution is -0.133. The fraction of sp³-hybridized carbons (Fsp3) is 0.364. The number of rotatable bonds is 5. The van der Waals surface area contributed by atoms with Gasteiger partial charge >= 0.3 is 0 Å². The van der Waals surface area contributed by atoms with Crippen LogP contribution in [0.15, 0.2) is 42.5 Å². The number of likely N-dealkylation sites (tertiary alicyclic amines) is 1. The molecular formula is C22H23Cl2N3O. The monoisotopic (exact) mass is 415 g/mol. The molecule has 1 aromatic heterocycles. The van der Waals surface area contributed by atoms with E-state index in [9.17, 15) is 4.79 Å². The van der Waals surface area contributed by atoms with Gasteiger partial charge in [0.25, 0.3) is 0 Å². The summed E-state index contributed by atoms with van der Waals surface area (Å²) in [7, 11) is 0. The number of hydrogen-bond donors (Lipinski definition) is 0. The van der Waals surface area contributed by atoms with Crippen LogP contribution in [0.5, 0.6) is 0 Å². The number of halogens is 2. The van der Waals surface area contributed by atoms with Crippen molar-refractivity contribution in [3.8, 4) is 0 Å². The van der Waals surface area contributed by atoms with Gasteiger partial charge in [-0.05, 0) is 49.1 Å². The smallest absolute Gasteiger partial charge is 0.245 e. The van der Waals surface area contributed by atoms with Crippen molar-refractivity contribution in [2.45, 2.75) is 38.6 Å². The van der Waals surface area contributed by atoms with Gasteiger partial charge in [0, 0.05) is 29.6 Å².